The number of amidine groups is 1. The van der Waals surface area contributed by atoms with E-state index in [0.29, 0.717) is 23.7 Å². The Bertz CT molecular complexity index is 1140. The number of hydrogen-bond donors (Lipinski definition) is 2. The first kappa shape index (κ1) is 16.8. The summed E-state index contributed by atoms with van der Waals surface area (Å²) in [7, 11) is 0. The van der Waals surface area contributed by atoms with E-state index in [4.69, 9.17) is 0 Å². The molecule has 2 N–H and O–H groups in total. The highest BCUT2D eigenvalue weighted by atomic mass is 19.1. The topological polar surface area (TPSA) is 87.5 Å². The summed E-state index contributed by atoms with van der Waals surface area (Å²) in [4.78, 5) is 25.8. The molecule has 3 aromatic rings. The fraction of sp³-hybridized carbons (Fsp3) is 0.100. The Morgan fingerprint density at radius 2 is 2.00 bits per heavy atom. The number of nitrogens with one attached hydrogen (secondary N) is 1. The van der Waals surface area contributed by atoms with E-state index in [1.165, 1.54) is 6.07 Å². The third-order valence-electron chi connectivity index (χ3n) is 4.14. The average molecular weight is 362 g/mol. The number of benzene rings is 2. The molecule has 0 fully saturated rings. The molecule has 1 aliphatic rings. The lowest BCUT2D eigenvalue weighted by Gasteiger charge is -2.10. The molecule has 0 atom stereocenters. The molecule has 0 saturated carbocycles. The second kappa shape index (κ2) is 6.60. The molecule has 1 aromatic heterocycles. The van der Waals surface area contributed by atoms with E-state index < -0.39 is 17.3 Å². The van der Waals surface area contributed by atoms with Crippen LogP contribution >= 0.6 is 0 Å². The lowest BCUT2D eigenvalue weighted by molar-refractivity contribution is 0.102. The number of aromatic nitrogens is 2. The van der Waals surface area contributed by atoms with Crippen molar-refractivity contribution in [3.8, 4) is 5.75 Å². The zero-order valence-electron chi connectivity index (χ0n) is 14.4. The molecule has 7 heteroatoms. The molecule has 0 saturated heterocycles. The number of rotatable bonds is 3. The molecular formula is C20H15FN4O2. The van der Waals surface area contributed by atoms with E-state index in [9.17, 15) is 14.3 Å². The molecule has 0 aliphatic carbocycles. The van der Waals surface area contributed by atoms with E-state index in [1.54, 1.807) is 6.07 Å². The van der Waals surface area contributed by atoms with Gasteiger partial charge in [-0.2, -0.15) is 0 Å². The van der Waals surface area contributed by atoms with Gasteiger partial charge < -0.3 is 10.4 Å². The van der Waals surface area contributed by atoms with Gasteiger partial charge in [0.15, 0.2) is 11.6 Å². The van der Waals surface area contributed by atoms with Crippen LogP contribution in [0.15, 0.2) is 59.1 Å². The number of phenolic OH excluding ortho intramolecular Hbond substituents is 1. The van der Waals surface area contributed by atoms with Gasteiger partial charge in [-0.25, -0.2) is 14.4 Å². The van der Waals surface area contributed by atoms with Gasteiger partial charge in [0, 0.05) is 10.9 Å². The molecule has 0 spiro atoms. The predicted octanol–water partition coefficient (Wildman–Crippen LogP) is 3.48. The number of phenols is 1. The summed E-state index contributed by atoms with van der Waals surface area (Å²) in [6.45, 7) is 2.60. The Morgan fingerprint density at radius 1 is 1.19 bits per heavy atom. The Balaban J connectivity index is 1.79. The van der Waals surface area contributed by atoms with Crippen molar-refractivity contribution in [2.24, 2.45) is 4.99 Å². The number of carbonyl (C=O) groups excluding carboxylic acids is 1. The molecule has 0 amide bonds. The second-order valence-electron chi connectivity index (χ2n) is 6.23. The van der Waals surface area contributed by atoms with Crippen molar-refractivity contribution in [2.45, 2.75) is 6.92 Å². The molecular weight excluding hydrogens is 347 g/mol. The maximum Gasteiger partial charge on any atom is 0.230 e. The van der Waals surface area contributed by atoms with Crippen molar-refractivity contribution in [3.63, 3.8) is 0 Å². The van der Waals surface area contributed by atoms with Crippen LogP contribution in [0.2, 0.25) is 0 Å². The molecule has 1 aliphatic heterocycles. The van der Waals surface area contributed by atoms with E-state index in [-0.39, 0.29) is 11.4 Å². The summed E-state index contributed by atoms with van der Waals surface area (Å²) < 4.78 is 13.3. The SMILES string of the molecule is CC1=CC(Nc2nc(C(=O)c3ccc(F)c(O)c3)nc3ccccc23)=NC1. The van der Waals surface area contributed by atoms with Gasteiger partial charge in [-0.1, -0.05) is 12.1 Å². The highest BCUT2D eigenvalue weighted by molar-refractivity contribution is 6.11. The number of para-hydroxylation sites is 1. The number of hydrogen-bond acceptors (Lipinski definition) is 6. The van der Waals surface area contributed by atoms with Crippen molar-refractivity contribution < 1.29 is 14.3 Å². The molecule has 2 aromatic carbocycles. The summed E-state index contributed by atoms with van der Waals surface area (Å²) in [5, 5.41) is 13.4. The maximum atomic E-state index is 13.3. The largest absolute Gasteiger partial charge is 0.505 e. The van der Waals surface area contributed by atoms with Gasteiger partial charge in [0.25, 0.3) is 0 Å². The average Bonchev–Trinajstić information content (AvgIpc) is 3.08. The van der Waals surface area contributed by atoms with Crippen LogP contribution in [0.3, 0.4) is 0 Å². The minimum absolute atomic E-state index is 0.0542. The number of anilines is 1. The highest BCUT2D eigenvalue weighted by Gasteiger charge is 2.18. The summed E-state index contributed by atoms with van der Waals surface area (Å²) in [5.41, 5.74) is 1.81. The van der Waals surface area contributed by atoms with Crippen LogP contribution in [0.4, 0.5) is 10.2 Å². The van der Waals surface area contributed by atoms with Crippen LogP contribution in [0.25, 0.3) is 10.9 Å². The normalized spacial score (nSPS) is 13.4. The van der Waals surface area contributed by atoms with Crippen molar-refractivity contribution in [1.29, 1.82) is 0 Å². The monoisotopic (exact) mass is 362 g/mol. The van der Waals surface area contributed by atoms with E-state index >= 15 is 0 Å². The molecule has 134 valence electrons. The first-order chi connectivity index (χ1) is 13.0. The van der Waals surface area contributed by atoms with Crippen LogP contribution in [0.1, 0.15) is 23.1 Å². The van der Waals surface area contributed by atoms with Crippen molar-refractivity contribution >= 4 is 28.3 Å². The molecule has 0 unspecified atom stereocenters. The summed E-state index contributed by atoms with van der Waals surface area (Å²) >= 11 is 0. The third-order valence-corrected chi connectivity index (χ3v) is 4.14. The first-order valence-corrected chi connectivity index (χ1v) is 8.30. The zero-order chi connectivity index (χ0) is 19.0. The van der Waals surface area contributed by atoms with Crippen LogP contribution in [0, 0.1) is 5.82 Å². The van der Waals surface area contributed by atoms with Crippen molar-refractivity contribution in [3.05, 3.63) is 71.3 Å². The summed E-state index contributed by atoms with van der Waals surface area (Å²) in [5.74, 6) is -0.842. The Morgan fingerprint density at radius 3 is 2.74 bits per heavy atom. The van der Waals surface area contributed by atoms with Crippen LogP contribution in [-0.2, 0) is 0 Å². The minimum atomic E-state index is -0.797. The second-order valence-corrected chi connectivity index (χ2v) is 6.23. The number of fused-ring (bicyclic) bond motifs is 1. The molecule has 27 heavy (non-hydrogen) atoms. The van der Waals surface area contributed by atoms with Crippen LogP contribution < -0.4 is 5.32 Å². The summed E-state index contributed by atoms with van der Waals surface area (Å²) in [6, 6.07) is 10.7. The van der Waals surface area contributed by atoms with Gasteiger partial charge in [-0.15, -0.1) is 0 Å². The predicted molar refractivity (Wildman–Crippen MR) is 101 cm³/mol. The fourth-order valence-corrected chi connectivity index (χ4v) is 2.79. The number of halogens is 1. The van der Waals surface area contributed by atoms with Gasteiger partial charge in [0.05, 0.1) is 12.1 Å². The molecule has 4 rings (SSSR count). The van der Waals surface area contributed by atoms with E-state index in [2.05, 4.69) is 20.3 Å². The summed E-state index contributed by atoms with van der Waals surface area (Å²) in [6.07, 6.45) is 1.91. The van der Waals surface area contributed by atoms with Gasteiger partial charge in [-0.05, 0) is 48.9 Å². The van der Waals surface area contributed by atoms with Gasteiger partial charge in [0.2, 0.25) is 11.6 Å². The van der Waals surface area contributed by atoms with Gasteiger partial charge >= 0.3 is 0 Å². The molecule has 2 heterocycles. The van der Waals surface area contributed by atoms with Gasteiger partial charge in [-0.3, -0.25) is 9.79 Å². The fourth-order valence-electron chi connectivity index (χ4n) is 2.79. The van der Waals surface area contributed by atoms with E-state index in [0.717, 1.165) is 23.1 Å². The molecule has 0 bridgehead atoms. The smallest absolute Gasteiger partial charge is 0.230 e. The molecule has 0 radical (unpaired) electrons. The zero-order valence-corrected chi connectivity index (χ0v) is 14.4. The number of ketones is 1. The number of nitrogens with zero attached hydrogens (tertiary/aromatic N) is 3. The molecule has 6 nitrogen and oxygen atoms in total. The standard InChI is InChI=1S/C20H15FN4O2/c1-11-8-17(22-10-11)24-19-13-4-2-3-5-15(13)23-20(25-19)18(27)12-6-7-14(21)16(26)9-12/h2-9,26H,10H2,1H3,(H,22,23,24,25). The first-order valence-electron chi connectivity index (χ1n) is 8.30. The van der Waals surface area contributed by atoms with Crippen LogP contribution in [0.5, 0.6) is 5.75 Å². The quantitative estimate of drug-likeness (QED) is 0.697. The highest BCUT2D eigenvalue weighted by Crippen LogP contribution is 2.23. The Kier molecular flexibility index (Phi) is 4.12. The third kappa shape index (κ3) is 3.27. The lowest BCUT2D eigenvalue weighted by atomic mass is 10.1. The minimum Gasteiger partial charge on any atom is -0.505 e. The number of aliphatic imine (C=N–C) groups is 1. The maximum absolute atomic E-state index is 13.3. The van der Waals surface area contributed by atoms with Crippen molar-refractivity contribution in [2.75, 3.05) is 11.9 Å². The van der Waals surface area contributed by atoms with Crippen LogP contribution in [-0.4, -0.2) is 33.2 Å². The van der Waals surface area contributed by atoms with Gasteiger partial charge in [0.1, 0.15) is 11.7 Å². The lowest BCUT2D eigenvalue weighted by Crippen LogP contribution is -2.14. The van der Waals surface area contributed by atoms with E-state index in [1.807, 2.05) is 31.2 Å². The Labute approximate surface area is 154 Å². The number of aromatic hydroxyl groups is 1. The Hall–Kier alpha value is -3.61. The van der Waals surface area contributed by atoms with Crippen molar-refractivity contribution in [1.82, 2.24) is 9.97 Å². The number of carbonyl (C=O) groups is 1.